The molecule has 0 aliphatic carbocycles. The van der Waals surface area contributed by atoms with Crippen LogP contribution in [0.25, 0.3) is 0 Å². The molecule has 3 heterocycles. The van der Waals surface area contributed by atoms with Gasteiger partial charge in [0.25, 0.3) is 0 Å². The van der Waals surface area contributed by atoms with E-state index in [0.717, 1.165) is 26.2 Å². The zero-order chi connectivity index (χ0) is 13.8. The lowest BCUT2D eigenvalue weighted by atomic mass is 10.2. The van der Waals surface area contributed by atoms with Gasteiger partial charge >= 0.3 is 0 Å². The summed E-state index contributed by atoms with van der Waals surface area (Å²) in [6, 6.07) is 2.23. The number of likely N-dealkylation sites (tertiary alicyclic amines) is 1. The molecule has 1 atom stereocenters. The van der Waals surface area contributed by atoms with Crippen molar-refractivity contribution in [2.45, 2.75) is 38.8 Å². The van der Waals surface area contributed by atoms with Gasteiger partial charge in [-0.25, -0.2) is 0 Å². The van der Waals surface area contributed by atoms with E-state index >= 15 is 0 Å². The Morgan fingerprint density at radius 3 is 2.75 bits per heavy atom. The van der Waals surface area contributed by atoms with Crippen molar-refractivity contribution in [3.8, 4) is 0 Å². The molecule has 1 aromatic heterocycles. The third kappa shape index (κ3) is 3.82. The average Bonchev–Trinajstić information content (AvgIpc) is 3.01. The van der Waals surface area contributed by atoms with Crippen LogP contribution in [0.1, 0.15) is 29.7 Å². The van der Waals surface area contributed by atoms with E-state index < -0.39 is 0 Å². The Kier molecular flexibility index (Phi) is 5.10. The van der Waals surface area contributed by atoms with Crippen LogP contribution in [0.15, 0.2) is 11.4 Å². The van der Waals surface area contributed by atoms with Gasteiger partial charge in [0.2, 0.25) is 0 Å². The maximum atomic E-state index is 6.06. The Balaban J connectivity index is 1.55. The van der Waals surface area contributed by atoms with Crippen LogP contribution in [0, 0.1) is 6.92 Å². The minimum atomic E-state index is 0.399. The molecule has 0 unspecified atom stereocenters. The van der Waals surface area contributed by atoms with Crippen LogP contribution < -0.4 is 0 Å². The largest absolute Gasteiger partial charge is 0.376 e. The summed E-state index contributed by atoms with van der Waals surface area (Å²) in [5.74, 6) is 0. The molecule has 2 aliphatic heterocycles. The highest BCUT2D eigenvalue weighted by Gasteiger charge is 2.23. The Morgan fingerprint density at radius 1 is 1.20 bits per heavy atom. The van der Waals surface area contributed by atoms with E-state index in [2.05, 4.69) is 28.2 Å². The lowest BCUT2D eigenvalue weighted by Crippen LogP contribution is -2.39. The summed E-state index contributed by atoms with van der Waals surface area (Å²) in [7, 11) is 0. The molecule has 0 bridgehead atoms. The van der Waals surface area contributed by atoms with Crippen molar-refractivity contribution >= 4 is 11.3 Å². The smallest absolute Gasteiger partial charge is 0.0828 e. The number of hydrogen-bond acceptors (Lipinski definition) is 4. The highest BCUT2D eigenvalue weighted by molar-refractivity contribution is 7.10. The van der Waals surface area contributed by atoms with Crippen molar-refractivity contribution in [3.05, 3.63) is 21.9 Å². The molecule has 3 rings (SSSR count). The summed E-state index contributed by atoms with van der Waals surface area (Å²) in [6.07, 6.45) is 4.30. The Bertz CT molecular complexity index is 414. The van der Waals surface area contributed by atoms with Gasteiger partial charge in [0.1, 0.15) is 0 Å². The van der Waals surface area contributed by atoms with Crippen LogP contribution in [-0.4, -0.2) is 55.2 Å². The topological polar surface area (TPSA) is 15.7 Å². The van der Waals surface area contributed by atoms with Crippen molar-refractivity contribution in [1.29, 1.82) is 0 Å². The van der Waals surface area contributed by atoms with Gasteiger partial charge in [-0.15, -0.1) is 11.3 Å². The van der Waals surface area contributed by atoms with E-state index in [4.69, 9.17) is 4.74 Å². The predicted molar refractivity (Wildman–Crippen MR) is 84.4 cm³/mol. The lowest BCUT2D eigenvalue weighted by Gasteiger charge is -2.26. The summed E-state index contributed by atoms with van der Waals surface area (Å²) < 4.78 is 6.06. The molecular formula is C16H26N2OS. The van der Waals surface area contributed by atoms with Crippen molar-refractivity contribution in [1.82, 2.24) is 9.80 Å². The zero-order valence-corrected chi connectivity index (χ0v) is 13.3. The Hall–Kier alpha value is -0.420. The zero-order valence-electron chi connectivity index (χ0n) is 12.5. The van der Waals surface area contributed by atoms with E-state index in [9.17, 15) is 0 Å². The number of aryl methyl sites for hydroxylation is 1. The van der Waals surface area contributed by atoms with Crippen molar-refractivity contribution < 1.29 is 4.74 Å². The van der Waals surface area contributed by atoms with Crippen molar-refractivity contribution in [3.63, 3.8) is 0 Å². The van der Waals surface area contributed by atoms with E-state index in [1.807, 2.05) is 11.3 Å². The summed E-state index contributed by atoms with van der Waals surface area (Å²) >= 11 is 1.89. The van der Waals surface area contributed by atoms with E-state index in [1.54, 1.807) is 0 Å². The Labute approximate surface area is 126 Å². The highest BCUT2D eigenvalue weighted by atomic mass is 32.1. The molecule has 4 heteroatoms. The van der Waals surface area contributed by atoms with Crippen LogP contribution in [0.3, 0.4) is 0 Å². The molecule has 3 nitrogen and oxygen atoms in total. The van der Waals surface area contributed by atoms with Crippen LogP contribution in [-0.2, 0) is 11.3 Å². The van der Waals surface area contributed by atoms with Gasteiger partial charge < -0.3 is 9.64 Å². The van der Waals surface area contributed by atoms with Crippen molar-refractivity contribution in [2.24, 2.45) is 0 Å². The summed E-state index contributed by atoms with van der Waals surface area (Å²) in [6.45, 7) is 10.2. The number of hydrogen-bond donors (Lipinski definition) is 0. The summed E-state index contributed by atoms with van der Waals surface area (Å²) in [5, 5.41) is 2.21. The molecule has 2 saturated heterocycles. The predicted octanol–water partition coefficient (Wildman–Crippen LogP) is 2.74. The average molecular weight is 294 g/mol. The quantitative estimate of drug-likeness (QED) is 0.849. The maximum Gasteiger partial charge on any atom is 0.0828 e. The fraction of sp³-hybridized carbons (Fsp3) is 0.750. The molecular weight excluding hydrogens is 268 g/mol. The lowest BCUT2D eigenvalue weighted by molar-refractivity contribution is 0.0308. The molecule has 0 N–H and O–H groups in total. The first kappa shape index (κ1) is 14.5. The van der Waals surface area contributed by atoms with Gasteiger partial charge in [-0.3, -0.25) is 4.90 Å². The number of ether oxygens (including phenoxy) is 1. The van der Waals surface area contributed by atoms with Gasteiger partial charge in [0, 0.05) is 37.7 Å². The van der Waals surface area contributed by atoms with Gasteiger partial charge in [0.15, 0.2) is 0 Å². The fourth-order valence-electron chi connectivity index (χ4n) is 3.25. The molecule has 1 aromatic rings. The number of rotatable bonds is 4. The molecule has 2 aliphatic rings. The number of thiophene rings is 1. The molecule has 0 saturated carbocycles. The minimum absolute atomic E-state index is 0.399. The highest BCUT2D eigenvalue weighted by Crippen LogP contribution is 2.20. The Morgan fingerprint density at radius 2 is 2.00 bits per heavy atom. The van der Waals surface area contributed by atoms with Gasteiger partial charge in [-0.2, -0.15) is 0 Å². The first-order chi connectivity index (χ1) is 9.81. The molecule has 2 fully saturated rings. The van der Waals surface area contributed by atoms with Gasteiger partial charge in [-0.1, -0.05) is 0 Å². The van der Waals surface area contributed by atoms with E-state index in [1.165, 1.54) is 49.3 Å². The SMILES string of the molecule is Cc1ccsc1CN1CCCO[C@@H](CN2CCCC2)C1. The van der Waals surface area contributed by atoms with E-state index in [-0.39, 0.29) is 0 Å². The summed E-state index contributed by atoms with van der Waals surface area (Å²) in [5.41, 5.74) is 1.44. The van der Waals surface area contributed by atoms with Gasteiger partial charge in [-0.05, 0) is 56.3 Å². The van der Waals surface area contributed by atoms with Gasteiger partial charge in [0.05, 0.1) is 6.10 Å². The van der Waals surface area contributed by atoms with Crippen LogP contribution in [0.5, 0.6) is 0 Å². The monoisotopic (exact) mass is 294 g/mol. The molecule has 112 valence electrons. The van der Waals surface area contributed by atoms with Crippen LogP contribution >= 0.6 is 11.3 Å². The molecule has 0 spiro atoms. The third-order valence-electron chi connectivity index (χ3n) is 4.43. The third-order valence-corrected chi connectivity index (χ3v) is 5.44. The van der Waals surface area contributed by atoms with Crippen LogP contribution in [0.4, 0.5) is 0 Å². The normalized spacial score (nSPS) is 25.9. The van der Waals surface area contributed by atoms with Crippen LogP contribution in [0.2, 0.25) is 0 Å². The summed E-state index contributed by atoms with van der Waals surface area (Å²) in [4.78, 5) is 6.68. The van der Waals surface area contributed by atoms with E-state index in [0.29, 0.717) is 6.10 Å². The number of nitrogens with zero attached hydrogens (tertiary/aromatic N) is 2. The fourth-order valence-corrected chi connectivity index (χ4v) is 4.19. The first-order valence-corrected chi connectivity index (χ1v) is 8.78. The standard InChI is InChI=1S/C16H26N2OS/c1-14-5-10-20-16(14)13-18-8-4-9-19-15(12-18)11-17-6-2-3-7-17/h5,10,15H,2-4,6-9,11-13H2,1H3/t15-/m0/s1. The molecule has 0 amide bonds. The molecule has 0 aromatic carbocycles. The second-order valence-electron chi connectivity index (χ2n) is 6.12. The minimum Gasteiger partial charge on any atom is -0.376 e. The van der Waals surface area contributed by atoms with Crippen molar-refractivity contribution in [2.75, 3.05) is 39.3 Å². The molecule has 20 heavy (non-hydrogen) atoms. The molecule has 0 radical (unpaired) electrons. The first-order valence-electron chi connectivity index (χ1n) is 7.90. The second kappa shape index (κ2) is 7.03. The second-order valence-corrected chi connectivity index (χ2v) is 7.12. The maximum absolute atomic E-state index is 6.06.